The first-order valence-electron chi connectivity index (χ1n) is 8.82. The molecule has 4 rings (SSSR count). The molecule has 6 heteroatoms. The van der Waals surface area contributed by atoms with Crippen LogP contribution >= 0.6 is 0 Å². The Balaban J connectivity index is 1.32. The highest BCUT2D eigenvalue weighted by Gasteiger charge is 2.34. The van der Waals surface area contributed by atoms with E-state index in [0.717, 1.165) is 38.4 Å². The molecule has 25 heavy (non-hydrogen) atoms. The van der Waals surface area contributed by atoms with Crippen LogP contribution in [0.3, 0.4) is 0 Å². The maximum Gasteiger partial charge on any atom is 0.241 e. The van der Waals surface area contributed by atoms with Gasteiger partial charge in [-0.2, -0.15) is 0 Å². The zero-order valence-corrected chi connectivity index (χ0v) is 14.1. The van der Waals surface area contributed by atoms with Crippen LogP contribution in [0.1, 0.15) is 18.0 Å². The number of carbonyl (C=O) groups excluding carboxylic acids is 1. The Labute approximate surface area is 147 Å². The number of amides is 1. The van der Waals surface area contributed by atoms with Crippen molar-refractivity contribution >= 4 is 11.7 Å². The molecule has 1 aromatic heterocycles. The van der Waals surface area contributed by atoms with Crippen molar-refractivity contribution in [3.8, 4) is 0 Å². The number of benzene rings is 1. The number of aromatic nitrogens is 1. The number of anilines is 1. The average molecular weight is 337 g/mol. The third-order valence-electron chi connectivity index (χ3n) is 4.97. The van der Waals surface area contributed by atoms with E-state index in [-0.39, 0.29) is 18.0 Å². The highest BCUT2D eigenvalue weighted by Crippen LogP contribution is 2.23. The van der Waals surface area contributed by atoms with Crippen molar-refractivity contribution in [2.45, 2.75) is 18.5 Å². The van der Waals surface area contributed by atoms with Crippen LogP contribution in [0.4, 0.5) is 5.82 Å². The Kier molecular flexibility index (Phi) is 4.63. The van der Waals surface area contributed by atoms with Crippen molar-refractivity contribution in [3.05, 3.63) is 60.3 Å². The number of hydrazine groups is 1. The highest BCUT2D eigenvalue weighted by molar-refractivity contribution is 5.82. The number of nitrogens with zero attached hydrogens (tertiary/aromatic N) is 3. The molecule has 3 heterocycles. The predicted octanol–water partition coefficient (Wildman–Crippen LogP) is 1.34. The number of hydrogen-bond donors (Lipinski definition) is 2. The molecule has 0 saturated carbocycles. The van der Waals surface area contributed by atoms with Crippen molar-refractivity contribution in [2.75, 3.05) is 31.1 Å². The van der Waals surface area contributed by atoms with E-state index in [9.17, 15) is 4.79 Å². The second-order valence-corrected chi connectivity index (χ2v) is 6.54. The van der Waals surface area contributed by atoms with Crippen molar-refractivity contribution in [2.24, 2.45) is 0 Å². The van der Waals surface area contributed by atoms with Gasteiger partial charge < -0.3 is 9.80 Å². The molecular weight excluding hydrogens is 314 g/mol. The Hall–Kier alpha value is -2.44. The summed E-state index contributed by atoms with van der Waals surface area (Å²) in [5, 5.41) is 0. The predicted molar refractivity (Wildman–Crippen MR) is 96.9 cm³/mol. The molecule has 0 aliphatic carbocycles. The monoisotopic (exact) mass is 337 g/mol. The minimum Gasteiger partial charge on any atom is -0.353 e. The molecule has 0 radical (unpaired) electrons. The quantitative estimate of drug-likeness (QED) is 0.885. The molecule has 0 spiro atoms. The second-order valence-electron chi connectivity index (χ2n) is 6.54. The van der Waals surface area contributed by atoms with Crippen molar-refractivity contribution in [1.82, 2.24) is 20.7 Å². The van der Waals surface area contributed by atoms with Crippen LogP contribution in [0, 0.1) is 0 Å². The molecule has 6 nitrogen and oxygen atoms in total. The summed E-state index contributed by atoms with van der Waals surface area (Å²) >= 11 is 0. The van der Waals surface area contributed by atoms with Crippen molar-refractivity contribution < 1.29 is 4.79 Å². The summed E-state index contributed by atoms with van der Waals surface area (Å²) in [5.74, 6) is 1.17. The standard InChI is InChI=1S/C19H23N5O/c25-19(17-14-16(21-22-17)15-6-2-1-3-7-15)24-12-10-23(11-13-24)18-8-4-5-9-20-18/h1-9,16-17,21-22H,10-14H2. The Morgan fingerprint density at radius 2 is 1.72 bits per heavy atom. The lowest BCUT2D eigenvalue weighted by atomic mass is 10.0. The van der Waals surface area contributed by atoms with E-state index >= 15 is 0 Å². The summed E-state index contributed by atoms with van der Waals surface area (Å²) in [6, 6.07) is 16.2. The van der Waals surface area contributed by atoms with Crippen LogP contribution in [0.15, 0.2) is 54.7 Å². The zero-order valence-electron chi connectivity index (χ0n) is 14.1. The van der Waals surface area contributed by atoms with Gasteiger partial charge in [-0.3, -0.25) is 4.79 Å². The lowest BCUT2D eigenvalue weighted by Gasteiger charge is -2.36. The lowest BCUT2D eigenvalue weighted by molar-refractivity contribution is -0.133. The molecule has 2 atom stereocenters. The maximum absolute atomic E-state index is 12.8. The first-order valence-corrected chi connectivity index (χ1v) is 8.82. The maximum atomic E-state index is 12.8. The zero-order chi connectivity index (χ0) is 17.1. The largest absolute Gasteiger partial charge is 0.353 e. The van der Waals surface area contributed by atoms with Crippen LogP contribution in [0.2, 0.25) is 0 Å². The van der Waals surface area contributed by atoms with Gasteiger partial charge in [-0.05, 0) is 24.1 Å². The number of pyridine rings is 1. The lowest BCUT2D eigenvalue weighted by Crippen LogP contribution is -2.53. The van der Waals surface area contributed by atoms with Gasteiger partial charge >= 0.3 is 0 Å². The van der Waals surface area contributed by atoms with E-state index in [0.29, 0.717) is 0 Å². The van der Waals surface area contributed by atoms with E-state index < -0.39 is 0 Å². The third-order valence-corrected chi connectivity index (χ3v) is 4.97. The summed E-state index contributed by atoms with van der Waals surface area (Å²) in [5.41, 5.74) is 7.65. The van der Waals surface area contributed by atoms with Gasteiger partial charge in [-0.1, -0.05) is 36.4 Å². The number of rotatable bonds is 3. The summed E-state index contributed by atoms with van der Waals surface area (Å²) < 4.78 is 0. The number of hydrogen-bond acceptors (Lipinski definition) is 5. The Bertz CT molecular complexity index is 700. The topological polar surface area (TPSA) is 60.5 Å². The summed E-state index contributed by atoms with van der Waals surface area (Å²) in [7, 11) is 0. The van der Waals surface area contributed by atoms with Gasteiger partial charge in [0.1, 0.15) is 11.9 Å². The minimum absolute atomic E-state index is 0.161. The molecule has 2 N–H and O–H groups in total. The van der Waals surface area contributed by atoms with Gasteiger partial charge in [0.2, 0.25) is 5.91 Å². The molecule has 130 valence electrons. The molecule has 2 aliphatic rings. The van der Waals surface area contributed by atoms with Gasteiger partial charge in [0, 0.05) is 38.4 Å². The highest BCUT2D eigenvalue weighted by atomic mass is 16.2. The van der Waals surface area contributed by atoms with Gasteiger partial charge in [0.15, 0.2) is 0 Å². The van der Waals surface area contributed by atoms with Gasteiger partial charge in [0.05, 0.1) is 0 Å². The van der Waals surface area contributed by atoms with E-state index in [4.69, 9.17) is 0 Å². The molecule has 2 aromatic rings. The fourth-order valence-corrected chi connectivity index (χ4v) is 3.54. The summed E-state index contributed by atoms with van der Waals surface area (Å²) in [4.78, 5) is 21.4. The fraction of sp³-hybridized carbons (Fsp3) is 0.368. The van der Waals surface area contributed by atoms with Crippen LogP contribution in [0.25, 0.3) is 0 Å². The van der Waals surface area contributed by atoms with Gasteiger partial charge in [-0.15, -0.1) is 0 Å². The molecule has 1 amide bonds. The SMILES string of the molecule is O=C(C1CC(c2ccccc2)NN1)N1CCN(c2ccccn2)CC1. The van der Waals surface area contributed by atoms with Crippen LogP contribution in [0.5, 0.6) is 0 Å². The smallest absolute Gasteiger partial charge is 0.241 e. The molecule has 2 unspecified atom stereocenters. The second kappa shape index (κ2) is 7.21. The van der Waals surface area contributed by atoms with Crippen molar-refractivity contribution in [3.63, 3.8) is 0 Å². The van der Waals surface area contributed by atoms with E-state index in [2.05, 4.69) is 32.9 Å². The number of nitrogens with one attached hydrogen (secondary N) is 2. The molecule has 1 aromatic carbocycles. The first-order chi connectivity index (χ1) is 12.3. The fourth-order valence-electron chi connectivity index (χ4n) is 3.54. The molecule has 2 aliphatic heterocycles. The summed E-state index contributed by atoms with van der Waals surface area (Å²) in [6.07, 6.45) is 2.59. The van der Waals surface area contributed by atoms with E-state index in [1.165, 1.54) is 5.56 Å². The Morgan fingerprint density at radius 3 is 2.44 bits per heavy atom. The van der Waals surface area contributed by atoms with Crippen LogP contribution < -0.4 is 15.8 Å². The molecule has 0 bridgehead atoms. The van der Waals surface area contributed by atoms with E-state index in [1.807, 2.05) is 47.5 Å². The molecule has 2 saturated heterocycles. The number of carbonyl (C=O) groups is 1. The molecular formula is C19H23N5O. The number of piperazine rings is 1. The van der Waals surface area contributed by atoms with Gasteiger partial charge in [0.25, 0.3) is 0 Å². The molecule has 2 fully saturated rings. The van der Waals surface area contributed by atoms with E-state index in [1.54, 1.807) is 0 Å². The summed E-state index contributed by atoms with van der Waals surface area (Å²) in [6.45, 7) is 3.13. The average Bonchev–Trinajstić information content (AvgIpc) is 3.19. The van der Waals surface area contributed by atoms with Crippen LogP contribution in [-0.2, 0) is 4.79 Å². The minimum atomic E-state index is -0.161. The van der Waals surface area contributed by atoms with Gasteiger partial charge in [-0.25, -0.2) is 15.8 Å². The first kappa shape index (κ1) is 16.1. The third kappa shape index (κ3) is 3.50. The Morgan fingerprint density at radius 1 is 0.960 bits per heavy atom. The van der Waals surface area contributed by atoms with Crippen LogP contribution in [-0.4, -0.2) is 48.0 Å². The normalized spacial score (nSPS) is 23.7. The van der Waals surface area contributed by atoms with Crippen molar-refractivity contribution in [1.29, 1.82) is 0 Å².